The molecule has 126 valence electrons. The van der Waals surface area contributed by atoms with Crippen LogP contribution >= 0.6 is 0 Å². The SMILES string of the molecule is COc1ccccc1/C(C)=C/C(=O)N1CCCCC1CN(C)C. The van der Waals surface area contributed by atoms with Gasteiger partial charge in [-0.2, -0.15) is 0 Å². The second kappa shape index (κ2) is 8.16. The van der Waals surface area contributed by atoms with Crippen molar-refractivity contribution < 1.29 is 9.53 Å². The van der Waals surface area contributed by atoms with Crippen molar-refractivity contribution in [3.05, 3.63) is 35.9 Å². The zero-order chi connectivity index (χ0) is 16.8. The number of allylic oxidation sites excluding steroid dienone is 1. The van der Waals surface area contributed by atoms with Gasteiger partial charge in [0.25, 0.3) is 0 Å². The number of para-hydroxylation sites is 1. The summed E-state index contributed by atoms with van der Waals surface area (Å²) in [6.07, 6.45) is 5.14. The average molecular weight is 316 g/mol. The van der Waals surface area contributed by atoms with Crippen LogP contribution in [0.5, 0.6) is 5.75 Å². The Bertz CT molecular complexity index is 566. The van der Waals surface area contributed by atoms with Gasteiger partial charge in [-0.3, -0.25) is 4.79 Å². The van der Waals surface area contributed by atoms with E-state index in [0.717, 1.165) is 42.8 Å². The molecule has 1 saturated heterocycles. The maximum Gasteiger partial charge on any atom is 0.247 e. The first-order valence-electron chi connectivity index (χ1n) is 8.30. The Balaban J connectivity index is 2.17. The van der Waals surface area contributed by atoms with Crippen molar-refractivity contribution in [2.24, 2.45) is 0 Å². The Morgan fingerprint density at radius 3 is 2.78 bits per heavy atom. The zero-order valence-electron chi connectivity index (χ0n) is 14.7. The molecule has 1 aliphatic heterocycles. The van der Waals surface area contributed by atoms with Gasteiger partial charge in [-0.1, -0.05) is 18.2 Å². The fraction of sp³-hybridized carbons (Fsp3) is 0.526. The Hall–Kier alpha value is -1.81. The highest BCUT2D eigenvalue weighted by Crippen LogP contribution is 2.26. The van der Waals surface area contributed by atoms with Crippen molar-refractivity contribution in [2.45, 2.75) is 32.2 Å². The number of hydrogen-bond donors (Lipinski definition) is 0. The van der Waals surface area contributed by atoms with Gasteiger partial charge in [-0.15, -0.1) is 0 Å². The van der Waals surface area contributed by atoms with Gasteiger partial charge in [-0.25, -0.2) is 0 Å². The molecule has 0 aliphatic carbocycles. The summed E-state index contributed by atoms with van der Waals surface area (Å²) in [4.78, 5) is 17.0. The number of likely N-dealkylation sites (tertiary alicyclic amines) is 1. The molecular weight excluding hydrogens is 288 g/mol. The molecule has 1 aliphatic rings. The number of methoxy groups -OCH3 is 1. The van der Waals surface area contributed by atoms with Gasteiger partial charge in [0, 0.05) is 30.8 Å². The van der Waals surface area contributed by atoms with Gasteiger partial charge in [-0.05, 0) is 51.9 Å². The van der Waals surface area contributed by atoms with Gasteiger partial charge in [0.15, 0.2) is 0 Å². The lowest BCUT2D eigenvalue weighted by atomic mass is 10.0. The maximum atomic E-state index is 12.8. The number of amides is 1. The number of benzene rings is 1. The Labute approximate surface area is 139 Å². The Kier molecular flexibility index (Phi) is 6.22. The van der Waals surface area contributed by atoms with E-state index in [9.17, 15) is 4.79 Å². The van der Waals surface area contributed by atoms with E-state index in [2.05, 4.69) is 19.0 Å². The lowest BCUT2D eigenvalue weighted by Crippen LogP contribution is -2.47. The van der Waals surface area contributed by atoms with Crippen LogP contribution < -0.4 is 4.74 Å². The molecule has 1 amide bonds. The zero-order valence-corrected chi connectivity index (χ0v) is 14.7. The molecule has 1 aromatic rings. The first-order chi connectivity index (χ1) is 11.0. The first kappa shape index (κ1) is 17.5. The van der Waals surface area contributed by atoms with Crippen molar-refractivity contribution in [1.29, 1.82) is 0 Å². The van der Waals surface area contributed by atoms with Crippen molar-refractivity contribution in [2.75, 3.05) is 34.3 Å². The van der Waals surface area contributed by atoms with Crippen LogP contribution in [-0.4, -0.2) is 56.0 Å². The van der Waals surface area contributed by atoms with Crippen molar-refractivity contribution in [3.63, 3.8) is 0 Å². The predicted octanol–water partition coefficient (Wildman–Crippen LogP) is 3.04. The van der Waals surface area contributed by atoms with Crippen LogP contribution in [0.25, 0.3) is 5.57 Å². The maximum absolute atomic E-state index is 12.8. The van der Waals surface area contributed by atoms with E-state index >= 15 is 0 Å². The molecule has 1 atom stereocenters. The fourth-order valence-electron chi connectivity index (χ4n) is 3.22. The van der Waals surface area contributed by atoms with Gasteiger partial charge in [0.1, 0.15) is 5.75 Å². The second-order valence-electron chi connectivity index (χ2n) is 6.47. The first-order valence-corrected chi connectivity index (χ1v) is 8.30. The molecule has 0 radical (unpaired) electrons. The minimum absolute atomic E-state index is 0.111. The molecule has 0 bridgehead atoms. The van der Waals surface area contributed by atoms with E-state index in [0.29, 0.717) is 6.04 Å². The van der Waals surface area contributed by atoms with Crippen molar-refractivity contribution in [1.82, 2.24) is 9.80 Å². The quantitative estimate of drug-likeness (QED) is 0.783. The highest BCUT2D eigenvalue weighted by Gasteiger charge is 2.26. The number of carbonyl (C=O) groups is 1. The minimum atomic E-state index is 0.111. The second-order valence-corrected chi connectivity index (χ2v) is 6.47. The molecule has 23 heavy (non-hydrogen) atoms. The summed E-state index contributed by atoms with van der Waals surface area (Å²) in [5.41, 5.74) is 1.92. The van der Waals surface area contributed by atoms with E-state index in [4.69, 9.17) is 4.74 Å². The lowest BCUT2D eigenvalue weighted by Gasteiger charge is -2.36. The van der Waals surface area contributed by atoms with Crippen molar-refractivity contribution in [3.8, 4) is 5.75 Å². The number of piperidine rings is 1. The summed E-state index contributed by atoms with van der Waals surface area (Å²) in [6.45, 7) is 3.75. The molecule has 0 saturated carbocycles. The van der Waals surface area contributed by atoms with Gasteiger partial charge >= 0.3 is 0 Å². The van der Waals surface area contributed by atoms with E-state index in [1.807, 2.05) is 36.1 Å². The topological polar surface area (TPSA) is 32.8 Å². The summed E-state index contributed by atoms with van der Waals surface area (Å²) in [7, 11) is 5.78. The van der Waals surface area contributed by atoms with Gasteiger partial charge in [0.2, 0.25) is 5.91 Å². The number of ether oxygens (including phenoxy) is 1. The molecule has 1 aromatic carbocycles. The Morgan fingerprint density at radius 1 is 1.35 bits per heavy atom. The molecule has 1 fully saturated rings. The summed E-state index contributed by atoms with van der Waals surface area (Å²) < 4.78 is 5.39. The summed E-state index contributed by atoms with van der Waals surface area (Å²) >= 11 is 0. The number of carbonyl (C=O) groups excluding carboxylic acids is 1. The molecular formula is C19H28N2O2. The third-order valence-corrected chi connectivity index (χ3v) is 4.36. The number of hydrogen-bond acceptors (Lipinski definition) is 3. The lowest BCUT2D eigenvalue weighted by molar-refractivity contribution is -0.129. The van der Waals surface area contributed by atoms with Crippen LogP contribution in [0.3, 0.4) is 0 Å². The van der Waals surface area contributed by atoms with Gasteiger partial charge in [0.05, 0.1) is 7.11 Å². The molecule has 0 aromatic heterocycles. The number of nitrogens with zero attached hydrogens (tertiary/aromatic N) is 2. The number of rotatable bonds is 5. The summed E-state index contributed by atoms with van der Waals surface area (Å²) in [5, 5.41) is 0. The predicted molar refractivity (Wildman–Crippen MR) is 94.6 cm³/mol. The highest BCUT2D eigenvalue weighted by molar-refractivity contribution is 5.95. The minimum Gasteiger partial charge on any atom is -0.496 e. The average Bonchev–Trinajstić information content (AvgIpc) is 2.54. The van der Waals surface area contributed by atoms with Gasteiger partial charge < -0.3 is 14.5 Å². The van der Waals surface area contributed by atoms with Crippen LogP contribution in [-0.2, 0) is 4.79 Å². The summed E-state index contributed by atoms with van der Waals surface area (Å²) in [5.74, 6) is 0.914. The third kappa shape index (κ3) is 4.58. The van der Waals surface area contributed by atoms with Crippen molar-refractivity contribution >= 4 is 11.5 Å². The Morgan fingerprint density at radius 2 is 2.09 bits per heavy atom. The molecule has 2 rings (SSSR count). The molecule has 1 heterocycles. The van der Waals surface area contributed by atoms with E-state index in [1.54, 1.807) is 13.2 Å². The molecule has 0 N–H and O–H groups in total. The standard InChI is InChI=1S/C19H28N2O2/c1-15(17-10-5-6-11-18(17)23-4)13-19(22)21-12-8-7-9-16(21)14-20(2)3/h5-6,10-11,13,16H,7-9,12,14H2,1-4H3/b15-13+. The summed E-state index contributed by atoms with van der Waals surface area (Å²) in [6, 6.07) is 8.14. The van der Waals surface area contributed by atoms with Crippen LogP contribution in [0.1, 0.15) is 31.7 Å². The molecule has 4 nitrogen and oxygen atoms in total. The number of likely N-dealkylation sites (N-methyl/N-ethyl adjacent to an activating group) is 1. The van der Waals surface area contributed by atoms with Crippen LogP contribution in [0, 0.1) is 0 Å². The monoisotopic (exact) mass is 316 g/mol. The molecule has 0 spiro atoms. The highest BCUT2D eigenvalue weighted by atomic mass is 16.5. The molecule has 4 heteroatoms. The van der Waals surface area contributed by atoms with E-state index in [-0.39, 0.29) is 5.91 Å². The van der Waals surface area contributed by atoms with Crippen LogP contribution in [0.2, 0.25) is 0 Å². The largest absolute Gasteiger partial charge is 0.496 e. The molecule has 1 unspecified atom stereocenters. The van der Waals surface area contributed by atoms with Crippen LogP contribution in [0.4, 0.5) is 0 Å². The van der Waals surface area contributed by atoms with Crippen LogP contribution in [0.15, 0.2) is 30.3 Å². The smallest absolute Gasteiger partial charge is 0.247 e. The fourth-order valence-corrected chi connectivity index (χ4v) is 3.22. The van der Waals surface area contributed by atoms with E-state index in [1.165, 1.54) is 6.42 Å². The van der Waals surface area contributed by atoms with E-state index < -0.39 is 0 Å². The third-order valence-electron chi connectivity index (χ3n) is 4.36. The normalized spacial score (nSPS) is 19.1.